The molecule has 2 N–H and O–H groups in total. The highest BCUT2D eigenvalue weighted by atomic mass is 16.4. The number of carbonyl (C=O) groups is 2. The second-order valence-corrected chi connectivity index (χ2v) is 5.37. The van der Waals surface area contributed by atoms with Gasteiger partial charge in [-0.15, -0.1) is 0 Å². The number of aryl methyl sites for hydroxylation is 2. The fraction of sp³-hybridized carbons (Fsp3) is 0.222. The number of hydrogen-bond acceptors (Lipinski definition) is 2. The molecular weight excluding hydrogens is 278 g/mol. The molecule has 2 aromatic rings. The maximum Gasteiger partial charge on any atom is 0.326 e. The van der Waals surface area contributed by atoms with Crippen LogP contribution in [0, 0.1) is 13.8 Å². The summed E-state index contributed by atoms with van der Waals surface area (Å²) >= 11 is 0. The summed E-state index contributed by atoms with van der Waals surface area (Å²) in [6, 6.07) is 13.9. The van der Waals surface area contributed by atoms with Crippen LogP contribution in [0.25, 0.3) is 0 Å². The average molecular weight is 297 g/mol. The van der Waals surface area contributed by atoms with Gasteiger partial charge in [0.05, 0.1) is 0 Å². The lowest BCUT2D eigenvalue weighted by Gasteiger charge is -2.16. The number of carboxylic acids is 1. The molecule has 4 heteroatoms. The molecule has 0 heterocycles. The Kier molecular flexibility index (Phi) is 4.94. The highest BCUT2D eigenvalue weighted by Gasteiger charge is 2.21. The molecule has 0 fully saturated rings. The standard InChI is InChI=1S/C18H19NO3/c1-12-8-9-13(2)15(10-12)17(20)19-16(18(21)22)11-14-6-4-3-5-7-14/h3-10,16H,11H2,1-2H3,(H,19,20)(H,21,22)/t16-/m0/s1. The van der Waals surface area contributed by atoms with Crippen molar-refractivity contribution in [3.8, 4) is 0 Å². The minimum Gasteiger partial charge on any atom is -0.480 e. The molecule has 0 bridgehead atoms. The second-order valence-electron chi connectivity index (χ2n) is 5.37. The molecule has 22 heavy (non-hydrogen) atoms. The number of rotatable bonds is 5. The molecule has 4 nitrogen and oxygen atoms in total. The summed E-state index contributed by atoms with van der Waals surface area (Å²) in [5.74, 6) is -1.40. The molecule has 0 saturated heterocycles. The monoisotopic (exact) mass is 297 g/mol. The first kappa shape index (κ1) is 15.8. The van der Waals surface area contributed by atoms with Crippen LogP contribution in [0.4, 0.5) is 0 Å². The van der Waals surface area contributed by atoms with Crippen molar-refractivity contribution in [2.75, 3.05) is 0 Å². The Hall–Kier alpha value is -2.62. The Morgan fingerprint density at radius 3 is 2.41 bits per heavy atom. The van der Waals surface area contributed by atoms with E-state index in [1.54, 1.807) is 6.07 Å². The van der Waals surface area contributed by atoms with E-state index in [0.29, 0.717) is 5.56 Å². The van der Waals surface area contributed by atoms with Crippen LogP contribution in [-0.4, -0.2) is 23.0 Å². The lowest BCUT2D eigenvalue weighted by Crippen LogP contribution is -2.42. The van der Waals surface area contributed by atoms with Crippen molar-refractivity contribution in [3.63, 3.8) is 0 Å². The third-order valence-corrected chi connectivity index (χ3v) is 3.52. The molecule has 114 valence electrons. The quantitative estimate of drug-likeness (QED) is 0.891. The van der Waals surface area contributed by atoms with Gasteiger partial charge in [0.25, 0.3) is 5.91 Å². The van der Waals surface area contributed by atoms with Gasteiger partial charge in [0.1, 0.15) is 6.04 Å². The van der Waals surface area contributed by atoms with Gasteiger partial charge in [0, 0.05) is 12.0 Å². The number of aliphatic carboxylic acids is 1. The Balaban J connectivity index is 2.15. The molecule has 0 aliphatic heterocycles. The maximum atomic E-state index is 12.3. The topological polar surface area (TPSA) is 66.4 Å². The van der Waals surface area contributed by atoms with Crippen LogP contribution in [0.15, 0.2) is 48.5 Å². The van der Waals surface area contributed by atoms with Gasteiger partial charge in [-0.2, -0.15) is 0 Å². The predicted octanol–water partition coefficient (Wildman–Crippen LogP) is 2.73. The average Bonchev–Trinajstić information content (AvgIpc) is 2.50. The normalized spacial score (nSPS) is 11.7. The highest BCUT2D eigenvalue weighted by Crippen LogP contribution is 2.11. The molecule has 2 aromatic carbocycles. The first-order chi connectivity index (χ1) is 10.5. The van der Waals surface area contributed by atoms with Gasteiger partial charge in [-0.1, -0.05) is 48.0 Å². The van der Waals surface area contributed by atoms with Crippen molar-refractivity contribution in [3.05, 3.63) is 70.8 Å². The number of amides is 1. The zero-order chi connectivity index (χ0) is 16.1. The number of benzene rings is 2. The maximum absolute atomic E-state index is 12.3. The number of carbonyl (C=O) groups excluding carboxylic acids is 1. The first-order valence-electron chi connectivity index (χ1n) is 7.12. The van der Waals surface area contributed by atoms with Gasteiger partial charge in [0.2, 0.25) is 0 Å². The van der Waals surface area contributed by atoms with Crippen LogP contribution < -0.4 is 5.32 Å². The number of nitrogens with one attached hydrogen (secondary N) is 1. The van der Waals surface area contributed by atoms with E-state index in [0.717, 1.165) is 16.7 Å². The van der Waals surface area contributed by atoms with E-state index in [2.05, 4.69) is 5.32 Å². The third-order valence-electron chi connectivity index (χ3n) is 3.52. The fourth-order valence-electron chi connectivity index (χ4n) is 2.27. The molecule has 0 aromatic heterocycles. The molecule has 0 unspecified atom stereocenters. The Bertz CT molecular complexity index is 680. The molecule has 1 atom stereocenters. The van der Waals surface area contributed by atoms with E-state index >= 15 is 0 Å². The lowest BCUT2D eigenvalue weighted by molar-refractivity contribution is -0.139. The Morgan fingerprint density at radius 2 is 1.77 bits per heavy atom. The predicted molar refractivity (Wildman–Crippen MR) is 85.0 cm³/mol. The molecule has 0 saturated carbocycles. The van der Waals surface area contributed by atoms with Crippen molar-refractivity contribution >= 4 is 11.9 Å². The molecule has 2 rings (SSSR count). The van der Waals surface area contributed by atoms with Gasteiger partial charge in [-0.3, -0.25) is 4.79 Å². The van der Waals surface area contributed by atoms with Crippen LogP contribution >= 0.6 is 0 Å². The Labute approximate surface area is 129 Å². The summed E-state index contributed by atoms with van der Waals surface area (Å²) in [6.45, 7) is 3.73. The summed E-state index contributed by atoms with van der Waals surface area (Å²) in [4.78, 5) is 23.8. The smallest absolute Gasteiger partial charge is 0.326 e. The second kappa shape index (κ2) is 6.89. The van der Waals surface area contributed by atoms with Gasteiger partial charge in [-0.05, 0) is 31.0 Å². The lowest BCUT2D eigenvalue weighted by atomic mass is 10.0. The fourth-order valence-corrected chi connectivity index (χ4v) is 2.27. The molecular formula is C18H19NO3. The summed E-state index contributed by atoms with van der Waals surface area (Å²) < 4.78 is 0. The van der Waals surface area contributed by atoms with Gasteiger partial charge >= 0.3 is 5.97 Å². The van der Waals surface area contributed by atoms with Gasteiger partial charge in [0.15, 0.2) is 0 Å². The Morgan fingerprint density at radius 1 is 1.09 bits per heavy atom. The summed E-state index contributed by atoms with van der Waals surface area (Å²) in [6.07, 6.45) is 0.257. The highest BCUT2D eigenvalue weighted by molar-refractivity contribution is 5.98. The van der Waals surface area contributed by atoms with E-state index in [-0.39, 0.29) is 12.3 Å². The molecule has 0 aliphatic rings. The summed E-state index contributed by atoms with van der Waals surface area (Å²) in [5, 5.41) is 12.0. The van der Waals surface area contributed by atoms with E-state index < -0.39 is 12.0 Å². The van der Waals surface area contributed by atoms with Crippen molar-refractivity contribution in [2.24, 2.45) is 0 Å². The van der Waals surface area contributed by atoms with Crippen LogP contribution in [-0.2, 0) is 11.2 Å². The SMILES string of the molecule is Cc1ccc(C)c(C(=O)N[C@@H](Cc2ccccc2)C(=O)O)c1. The van der Waals surface area contributed by atoms with Crippen molar-refractivity contribution in [2.45, 2.75) is 26.3 Å². The van der Waals surface area contributed by atoms with Crippen LogP contribution in [0.3, 0.4) is 0 Å². The van der Waals surface area contributed by atoms with E-state index in [4.69, 9.17) is 0 Å². The minimum absolute atomic E-state index is 0.257. The van der Waals surface area contributed by atoms with Crippen LogP contribution in [0.1, 0.15) is 27.0 Å². The van der Waals surface area contributed by atoms with Crippen LogP contribution in [0.5, 0.6) is 0 Å². The largest absolute Gasteiger partial charge is 0.480 e. The van der Waals surface area contributed by atoms with Gasteiger partial charge in [-0.25, -0.2) is 4.79 Å². The van der Waals surface area contributed by atoms with Crippen molar-refractivity contribution in [1.29, 1.82) is 0 Å². The zero-order valence-corrected chi connectivity index (χ0v) is 12.7. The van der Waals surface area contributed by atoms with Crippen molar-refractivity contribution < 1.29 is 14.7 Å². The van der Waals surface area contributed by atoms with E-state index in [1.165, 1.54) is 0 Å². The molecule has 1 amide bonds. The van der Waals surface area contributed by atoms with E-state index in [9.17, 15) is 14.7 Å². The summed E-state index contributed by atoms with van der Waals surface area (Å²) in [7, 11) is 0. The van der Waals surface area contributed by atoms with E-state index in [1.807, 2.05) is 56.3 Å². The molecule has 0 radical (unpaired) electrons. The zero-order valence-electron chi connectivity index (χ0n) is 12.7. The van der Waals surface area contributed by atoms with Crippen LogP contribution in [0.2, 0.25) is 0 Å². The first-order valence-corrected chi connectivity index (χ1v) is 7.12. The summed E-state index contributed by atoms with van der Waals surface area (Å²) in [5.41, 5.74) is 3.17. The molecule has 0 spiro atoms. The third kappa shape index (κ3) is 3.95. The molecule has 0 aliphatic carbocycles. The number of hydrogen-bond donors (Lipinski definition) is 2. The van der Waals surface area contributed by atoms with Crippen molar-refractivity contribution in [1.82, 2.24) is 5.32 Å². The number of carboxylic acid groups (broad SMARTS) is 1. The van der Waals surface area contributed by atoms with Gasteiger partial charge < -0.3 is 10.4 Å². The minimum atomic E-state index is -1.04.